The Bertz CT molecular complexity index is 1650. The number of nitrogens with zero attached hydrogens (tertiary/aromatic N) is 4. The SMILES string of the molecule is Cc1cccc(-n2c(=O)c3c4c(sc3n3c(SCc5ccc(Cl)cc5)nnc23)CO[C@@H](C(C)C)C4)c1. The quantitative estimate of drug-likeness (QED) is 0.242. The Labute approximate surface area is 221 Å². The second-order valence-corrected chi connectivity index (χ2v) is 12.0. The van der Waals surface area contributed by atoms with Crippen LogP contribution in [0.2, 0.25) is 5.02 Å². The fourth-order valence-corrected chi connectivity index (χ4v) is 7.00. The van der Waals surface area contributed by atoms with E-state index in [1.54, 1.807) is 27.7 Å². The lowest BCUT2D eigenvalue weighted by atomic mass is 9.96. The molecule has 0 saturated carbocycles. The maximum absolute atomic E-state index is 14.1. The zero-order valence-electron chi connectivity index (χ0n) is 20.2. The number of hydrogen-bond acceptors (Lipinski definition) is 6. The minimum Gasteiger partial charge on any atom is -0.372 e. The van der Waals surface area contributed by atoms with Crippen LogP contribution < -0.4 is 5.56 Å². The van der Waals surface area contributed by atoms with Gasteiger partial charge in [0.15, 0.2) is 5.16 Å². The largest absolute Gasteiger partial charge is 0.372 e. The molecular weight excluding hydrogens is 512 g/mol. The second-order valence-electron chi connectivity index (χ2n) is 9.49. The molecule has 0 N–H and O–H groups in total. The van der Waals surface area contributed by atoms with Crippen molar-refractivity contribution in [3.05, 3.63) is 85.5 Å². The van der Waals surface area contributed by atoms with Crippen molar-refractivity contribution in [1.29, 1.82) is 0 Å². The van der Waals surface area contributed by atoms with Gasteiger partial charge in [-0.25, -0.2) is 8.97 Å². The third kappa shape index (κ3) is 4.06. The van der Waals surface area contributed by atoms with E-state index < -0.39 is 0 Å². The Balaban J connectivity index is 1.58. The summed E-state index contributed by atoms with van der Waals surface area (Å²) >= 11 is 9.28. The van der Waals surface area contributed by atoms with Gasteiger partial charge in [0, 0.05) is 22.1 Å². The van der Waals surface area contributed by atoms with Crippen molar-refractivity contribution >= 4 is 50.7 Å². The number of halogens is 1. The first kappa shape index (κ1) is 23.7. The van der Waals surface area contributed by atoms with Gasteiger partial charge in [-0.05, 0) is 53.8 Å². The summed E-state index contributed by atoms with van der Waals surface area (Å²) in [5, 5.41) is 11.3. The van der Waals surface area contributed by atoms with Crippen molar-refractivity contribution in [2.45, 2.75) is 50.8 Å². The lowest BCUT2D eigenvalue weighted by Gasteiger charge is -2.26. The minimum absolute atomic E-state index is 0.0494. The van der Waals surface area contributed by atoms with Crippen LogP contribution in [0.5, 0.6) is 0 Å². The Morgan fingerprint density at radius 1 is 1.19 bits per heavy atom. The number of benzene rings is 2. The zero-order valence-corrected chi connectivity index (χ0v) is 22.6. The molecule has 1 atom stereocenters. The highest BCUT2D eigenvalue weighted by Gasteiger charge is 2.30. The Morgan fingerprint density at radius 2 is 2.00 bits per heavy atom. The van der Waals surface area contributed by atoms with E-state index in [9.17, 15) is 4.79 Å². The molecule has 4 heterocycles. The van der Waals surface area contributed by atoms with Crippen LogP contribution in [0.1, 0.15) is 35.4 Å². The van der Waals surface area contributed by atoms with Crippen molar-refractivity contribution in [2.24, 2.45) is 5.92 Å². The monoisotopic (exact) mass is 536 g/mol. The molecule has 6 rings (SSSR count). The molecule has 9 heteroatoms. The number of ether oxygens (including phenoxy) is 1. The molecule has 1 aliphatic rings. The molecule has 2 aromatic carbocycles. The van der Waals surface area contributed by atoms with E-state index in [4.69, 9.17) is 16.3 Å². The highest BCUT2D eigenvalue weighted by Crippen LogP contribution is 2.38. The van der Waals surface area contributed by atoms with E-state index in [-0.39, 0.29) is 11.7 Å². The van der Waals surface area contributed by atoms with Gasteiger partial charge in [0.25, 0.3) is 5.56 Å². The molecule has 6 nitrogen and oxygen atoms in total. The fraction of sp³-hybridized carbons (Fsp3) is 0.296. The van der Waals surface area contributed by atoms with E-state index in [0.717, 1.165) is 49.0 Å². The summed E-state index contributed by atoms with van der Waals surface area (Å²) in [5.41, 5.74) is 4.07. The molecule has 0 bridgehead atoms. The van der Waals surface area contributed by atoms with Gasteiger partial charge in [0.05, 0.1) is 23.8 Å². The first-order valence-corrected chi connectivity index (χ1v) is 14.1. The van der Waals surface area contributed by atoms with Gasteiger partial charge >= 0.3 is 0 Å². The summed E-state index contributed by atoms with van der Waals surface area (Å²) < 4.78 is 9.91. The molecule has 184 valence electrons. The molecule has 5 aromatic rings. The second kappa shape index (κ2) is 9.34. The molecule has 0 spiro atoms. The van der Waals surface area contributed by atoms with Crippen molar-refractivity contribution < 1.29 is 4.74 Å². The first-order chi connectivity index (χ1) is 17.4. The number of fused-ring (bicyclic) bond motifs is 5. The predicted octanol–water partition coefficient (Wildman–Crippen LogP) is 6.45. The summed E-state index contributed by atoms with van der Waals surface area (Å²) in [7, 11) is 0. The van der Waals surface area contributed by atoms with E-state index in [0.29, 0.717) is 29.1 Å². The number of aryl methyl sites for hydroxylation is 1. The van der Waals surface area contributed by atoms with E-state index in [1.165, 1.54) is 0 Å². The molecular formula is C27H25ClN4O2S2. The molecule has 0 saturated heterocycles. The predicted molar refractivity (Wildman–Crippen MR) is 147 cm³/mol. The molecule has 3 aromatic heterocycles. The number of rotatable bonds is 5. The average molecular weight is 537 g/mol. The summed E-state index contributed by atoms with van der Waals surface area (Å²) in [5.74, 6) is 1.61. The summed E-state index contributed by atoms with van der Waals surface area (Å²) in [6, 6.07) is 15.8. The summed E-state index contributed by atoms with van der Waals surface area (Å²) in [4.78, 5) is 16.1. The van der Waals surface area contributed by atoms with Crippen LogP contribution in [-0.4, -0.2) is 25.3 Å². The average Bonchev–Trinajstić information content (AvgIpc) is 3.45. The first-order valence-electron chi connectivity index (χ1n) is 11.9. The normalized spacial score (nSPS) is 15.8. The smallest absolute Gasteiger partial charge is 0.268 e. The van der Waals surface area contributed by atoms with Crippen LogP contribution in [0.4, 0.5) is 0 Å². The lowest BCUT2D eigenvalue weighted by Crippen LogP contribution is -2.28. The van der Waals surface area contributed by atoms with Gasteiger partial charge in [-0.3, -0.25) is 4.79 Å². The van der Waals surface area contributed by atoms with E-state index in [1.807, 2.05) is 59.9 Å². The Morgan fingerprint density at radius 3 is 2.75 bits per heavy atom. The van der Waals surface area contributed by atoms with Crippen LogP contribution in [0.25, 0.3) is 21.7 Å². The molecule has 1 aliphatic heterocycles. The fourth-order valence-electron chi connectivity index (χ4n) is 4.69. The van der Waals surface area contributed by atoms with Gasteiger partial charge in [0.2, 0.25) is 5.78 Å². The zero-order chi connectivity index (χ0) is 25.0. The maximum atomic E-state index is 14.1. The van der Waals surface area contributed by atoms with Crippen LogP contribution in [0.15, 0.2) is 58.5 Å². The van der Waals surface area contributed by atoms with Gasteiger partial charge in [-0.1, -0.05) is 61.5 Å². The van der Waals surface area contributed by atoms with Crippen LogP contribution >= 0.6 is 34.7 Å². The van der Waals surface area contributed by atoms with Crippen molar-refractivity contribution in [3.8, 4) is 5.69 Å². The number of hydrogen-bond donors (Lipinski definition) is 0. The molecule has 0 radical (unpaired) electrons. The van der Waals surface area contributed by atoms with E-state index in [2.05, 4.69) is 24.0 Å². The Kier molecular flexibility index (Phi) is 6.16. The van der Waals surface area contributed by atoms with Gasteiger partial charge < -0.3 is 4.74 Å². The van der Waals surface area contributed by atoms with Crippen LogP contribution in [0, 0.1) is 12.8 Å². The lowest BCUT2D eigenvalue weighted by molar-refractivity contribution is 0.00200. The minimum atomic E-state index is -0.0494. The van der Waals surface area contributed by atoms with Crippen LogP contribution in [-0.2, 0) is 23.5 Å². The van der Waals surface area contributed by atoms with E-state index >= 15 is 0 Å². The third-order valence-corrected chi connectivity index (χ3v) is 9.07. The summed E-state index contributed by atoms with van der Waals surface area (Å²) in [6.07, 6.45) is 0.828. The maximum Gasteiger partial charge on any atom is 0.268 e. The Hall–Kier alpha value is -2.65. The number of thiophene rings is 1. The third-order valence-electron chi connectivity index (χ3n) is 6.63. The standard InChI is InChI=1S/C27H25ClN4O2S2/c1-15(2)21-12-20-22(13-34-21)36-25-23(20)24(33)31(19-6-4-5-16(3)11-19)26-29-30-27(32(25)26)35-14-17-7-9-18(28)10-8-17/h4-11,15,21H,12-14H2,1-3H3/t21-/m1/s1. The molecule has 0 fully saturated rings. The highest BCUT2D eigenvalue weighted by atomic mass is 35.5. The van der Waals surface area contributed by atoms with Crippen molar-refractivity contribution in [1.82, 2.24) is 19.2 Å². The van der Waals surface area contributed by atoms with Crippen molar-refractivity contribution in [2.75, 3.05) is 0 Å². The van der Waals surface area contributed by atoms with Crippen LogP contribution in [0.3, 0.4) is 0 Å². The van der Waals surface area contributed by atoms with Gasteiger partial charge in [0.1, 0.15) is 4.83 Å². The summed E-state index contributed by atoms with van der Waals surface area (Å²) in [6.45, 7) is 6.88. The number of thioether (sulfide) groups is 1. The highest BCUT2D eigenvalue weighted by molar-refractivity contribution is 7.98. The molecule has 0 aliphatic carbocycles. The number of aromatic nitrogens is 4. The van der Waals surface area contributed by atoms with Gasteiger partial charge in [-0.15, -0.1) is 21.5 Å². The molecule has 0 amide bonds. The van der Waals surface area contributed by atoms with Crippen molar-refractivity contribution in [3.63, 3.8) is 0 Å². The molecule has 0 unspecified atom stereocenters. The molecule has 36 heavy (non-hydrogen) atoms. The van der Waals surface area contributed by atoms with Gasteiger partial charge in [-0.2, -0.15) is 0 Å². The topological polar surface area (TPSA) is 61.4 Å².